The van der Waals surface area contributed by atoms with Crippen molar-refractivity contribution in [2.24, 2.45) is 0 Å². The Bertz CT molecular complexity index is 529. The van der Waals surface area contributed by atoms with Gasteiger partial charge in [-0.2, -0.15) is 0 Å². The van der Waals surface area contributed by atoms with Crippen molar-refractivity contribution >= 4 is 0 Å². The molecule has 7 nitrogen and oxygen atoms in total. The van der Waals surface area contributed by atoms with Gasteiger partial charge in [0.15, 0.2) is 6.23 Å². The van der Waals surface area contributed by atoms with E-state index < -0.39 is 18.4 Å². The molecule has 112 valence electrons. The summed E-state index contributed by atoms with van der Waals surface area (Å²) in [5, 5.41) is 26.8. The third-order valence-corrected chi connectivity index (χ3v) is 3.25. The summed E-state index contributed by atoms with van der Waals surface area (Å²) in [6, 6.07) is 0. The molecular formula is C14H18N4O3. The van der Waals surface area contributed by atoms with Crippen molar-refractivity contribution in [2.45, 2.75) is 31.4 Å². The Morgan fingerprint density at radius 1 is 1.43 bits per heavy atom. The summed E-state index contributed by atoms with van der Waals surface area (Å²) in [5.74, 6) is 5.09. The summed E-state index contributed by atoms with van der Waals surface area (Å²) in [4.78, 5) is 1.88. The quantitative estimate of drug-likeness (QED) is 0.653. The zero-order chi connectivity index (χ0) is 15.2. The second-order valence-corrected chi connectivity index (χ2v) is 4.86. The van der Waals surface area contributed by atoms with Crippen LogP contribution in [0.3, 0.4) is 0 Å². The number of nitrogens with zero attached hydrogens (tertiary/aromatic N) is 4. The minimum Gasteiger partial charge on any atom is -0.394 e. The van der Waals surface area contributed by atoms with Crippen molar-refractivity contribution in [1.29, 1.82) is 0 Å². The molecule has 2 rings (SSSR count). The van der Waals surface area contributed by atoms with Crippen LogP contribution in [-0.2, 0) is 11.3 Å². The molecule has 0 aliphatic carbocycles. The number of aliphatic hydroxyl groups is 2. The van der Waals surface area contributed by atoms with Crippen LogP contribution in [0, 0.1) is 24.7 Å². The predicted molar refractivity (Wildman–Crippen MR) is 74.6 cm³/mol. The Balaban J connectivity index is 1.99. The molecule has 0 aromatic carbocycles. The molecule has 0 saturated carbocycles. The summed E-state index contributed by atoms with van der Waals surface area (Å²) >= 11 is 0. The molecule has 0 radical (unpaired) electrons. The van der Waals surface area contributed by atoms with Crippen LogP contribution in [0.15, 0.2) is 6.20 Å². The second-order valence-electron chi connectivity index (χ2n) is 4.86. The number of ether oxygens (including phenoxy) is 1. The molecule has 7 heteroatoms. The molecule has 1 aromatic rings. The van der Waals surface area contributed by atoms with Crippen LogP contribution in [0.25, 0.3) is 0 Å². The van der Waals surface area contributed by atoms with E-state index in [1.807, 2.05) is 4.90 Å². The van der Waals surface area contributed by atoms with E-state index in [1.54, 1.807) is 6.20 Å². The number of aliphatic hydroxyl groups excluding tert-OH is 2. The molecule has 1 saturated heterocycles. The van der Waals surface area contributed by atoms with E-state index in [0.717, 1.165) is 0 Å². The van der Waals surface area contributed by atoms with Crippen LogP contribution in [0.1, 0.15) is 18.3 Å². The first-order valence-corrected chi connectivity index (χ1v) is 6.62. The zero-order valence-electron chi connectivity index (χ0n) is 11.6. The lowest BCUT2D eigenvalue weighted by atomic mass is 10.2. The average Bonchev–Trinajstić information content (AvgIpc) is 3.06. The van der Waals surface area contributed by atoms with Crippen LogP contribution in [0.4, 0.5) is 0 Å². The van der Waals surface area contributed by atoms with E-state index in [9.17, 15) is 5.11 Å². The molecule has 21 heavy (non-hydrogen) atoms. The average molecular weight is 290 g/mol. The minimum absolute atomic E-state index is 0.225. The molecule has 2 N–H and O–H groups in total. The van der Waals surface area contributed by atoms with Gasteiger partial charge in [0.05, 0.1) is 37.7 Å². The van der Waals surface area contributed by atoms with Crippen molar-refractivity contribution in [3.63, 3.8) is 0 Å². The SMILES string of the molecule is C#CCN(CC#C)Cc1cn([C@H]2C[C@@H](O)[C@@H](CO)O2)nn1. The maximum atomic E-state index is 9.71. The van der Waals surface area contributed by atoms with E-state index in [2.05, 4.69) is 22.2 Å². The summed E-state index contributed by atoms with van der Waals surface area (Å²) < 4.78 is 7.04. The molecule has 1 aliphatic rings. The van der Waals surface area contributed by atoms with Crippen LogP contribution < -0.4 is 0 Å². The van der Waals surface area contributed by atoms with E-state index in [0.29, 0.717) is 31.7 Å². The van der Waals surface area contributed by atoms with Crippen molar-refractivity contribution in [3.8, 4) is 24.7 Å². The highest BCUT2D eigenvalue weighted by atomic mass is 16.5. The lowest BCUT2D eigenvalue weighted by molar-refractivity contribution is -0.0489. The van der Waals surface area contributed by atoms with Gasteiger partial charge in [-0.15, -0.1) is 17.9 Å². The van der Waals surface area contributed by atoms with Gasteiger partial charge in [0.1, 0.15) is 6.10 Å². The fourth-order valence-corrected chi connectivity index (χ4v) is 2.22. The number of aromatic nitrogens is 3. The van der Waals surface area contributed by atoms with E-state index in [-0.39, 0.29) is 6.61 Å². The third-order valence-electron chi connectivity index (χ3n) is 3.25. The third kappa shape index (κ3) is 3.81. The lowest BCUT2D eigenvalue weighted by Gasteiger charge is -2.14. The standard InChI is InChI=1S/C14H18N4O3/c1-3-5-17(6-4-2)8-11-9-18(16-15-11)14-7-12(20)13(10-19)21-14/h1-2,9,12-14,19-20H,5-8,10H2/t12-,13-,14-/m1/s1. The first-order chi connectivity index (χ1) is 10.2. The highest BCUT2D eigenvalue weighted by Crippen LogP contribution is 2.27. The molecule has 2 heterocycles. The molecular weight excluding hydrogens is 272 g/mol. The smallest absolute Gasteiger partial charge is 0.155 e. The van der Waals surface area contributed by atoms with Gasteiger partial charge in [0.25, 0.3) is 0 Å². The van der Waals surface area contributed by atoms with Gasteiger partial charge in [-0.3, -0.25) is 4.90 Å². The van der Waals surface area contributed by atoms with Crippen LogP contribution in [0.5, 0.6) is 0 Å². The second kappa shape index (κ2) is 7.21. The summed E-state index contributed by atoms with van der Waals surface area (Å²) in [7, 11) is 0. The monoisotopic (exact) mass is 290 g/mol. The Labute approximate surface area is 123 Å². The van der Waals surface area contributed by atoms with Gasteiger partial charge in [0.2, 0.25) is 0 Å². The van der Waals surface area contributed by atoms with Gasteiger partial charge in [0, 0.05) is 13.0 Å². The highest BCUT2D eigenvalue weighted by Gasteiger charge is 2.35. The molecule has 1 fully saturated rings. The predicted octanol–water partition coefficient (Wildman–Crippen LogP) is -1.01. The van der Waals surface area contributed by atoms with E-state index >= 15 is 0 Å². The van der Waals surface area contributed by atoms with Crippen molar-refractivity contribution in [3.05, 3.63) is 11.9 Å². The zero-order valence-corrected chi connectivity index (χ0v) is 11.6. The molecule has 3 atom stereocenters. The fourth-order valence-electron chi connectivity index (χ4n) is 2.22. The van der Waals surface area contributed by atoms with Gasteiger partial charge in [-0.25, -0.2) is 4.68 Å². The van der Waals surface area contributed by atoms with E-state index in [4.69, 9.17) is 22.7 Å². The summed E-state index contributed by atoms with van der Waals surface area (Å²) in [6.45, 7) is 1.13. The summed E-state index contributed by atoms with van der Waals surface area (Å²) in [5.41, 5.74) is 0.714. The maximum absolute atomic E-state index is 9.71. The van der Waals surface area contributed by atoms with Gasteiger partial charge in [-0.1, -0.05) is 17.1 Å². The summed E-state index contributed by atoms with van der Waals surface area (Å²) in [6.07, 6.45) is 11.0. The fraction of sp³-hybridized carbons (Fsp3) is 0.571. The van der Waals surface area contributed by atoms with Crippen LogP contribution in [0.2, 0.25) is 0 Å². The first kappa shape index (κ1) is 15.5. The largest absolute Gasteiger partial charge is 0.394 e. The van der Waals surface area contributed by atoms with Crippen LogP contribution >= 0.6 is 0 Å². The molecule has 1 aliphatic heterocycles. The van der Waals surface area contributed by atoms with Gasteiger partial charge < -0.3 is 14.9 Å². The Morgan fingerprint density at radius 3 is 2.71 bits per heavy atom. The molecule has 1 aromatic heterocycles. The molecule has 0 amide bonds. The van der Waals surface area contributed by atoms with Gasteiger partial charge >= 0.3 is 0 Å². The number of terminal acetylenes is 2. The number of rotatable bonds is 6. The molecule has 0 spiro atoms. The van der Waals surface area contributed by atoms with Crippen molar-refractivity contribution < 1.29 is 14.9 Å². The number of hydrogen-bond donors (Lipinski definition) is 2. The molecule has 0 unspecified atom stereocenters. The van der Waals surface area contributed by atoms with Crippen LogP contribution in [-0.4, -0.2) is 62.0 Å². The molecule has 0 bridgehead atoms. The highest BCUT2D eigenvalue weighted by molar-refractivity contribution is 5.00. The Morgan fingerprint density at radius 2 is 2.14 bits per heavy atom. The van der Waals surface area contributed by atoms with Crippen molar-refractivity contribution in [2.75, 3.05) is 19.7 Å². The Hall–Kier alpha value is -1.90. The number of hydrogen-bond acceptors (Lipinski definition) is 6. The minimum atomic E-state index is -0.702. The first-order valence-electron chi connectivity index (χ1n) is 6.62. The maximum Gasteiger partial charge on any atom is 0.155 e. The topological polar surface area (TPSA) is 83.6 Å². The Kier molecular flexibility index (Phi) is 5.32. The van der Waals surface area contributed by atoms with E-state index in [1.165, 1.54) is 4.68 Å². The lowest BCUT2D eigenvalue weighted by Crippen LogP contribution is -2.24. The van der Waals surface area contributed by atoms with Gasteiger partial charge in [-0.05, 0) is 0 Å². The normalized spacial score (nSPS) is 24.9. The van der Waals surface area contributed by atoms with Crippen molar-refractivity contribution in [1.82, 2.24) is 19.9 Å².